The Hall–Kier alpha value is -3.93. The second-order valence-corrected chi connectivity index (χ2v) is 7.70. The number of hydrogen-bond acceptors (Lipinski definition) is 5. The molecule has 4 rings (SSSR count). The monoisotopic (exact) mass is 414 g/mol. The standard InChI is InChI=1S/C25H22N2O4/c1-15-6-7-16(2)20(12-15)23(29)21-22(18-4-3-5-19(28)13-18)27(25(31)24(21)30)14-17-8-10-26-11-9-17/h3-13,22,28-29H,14H2,1-2H3/b23-21+. The molecule has 1 saturated heterocycles. The molecule has 1 amide bonds. The van der Waals surface area contributed by atoms with Gasteiger partial charge in [-0.15, -0.1) is 0 Å². The van der Waals surface area contributed by atoms with Gasteiger partial charge in [0.25, 0.3) is 11.7 Å². The molecule has 2 aromatic carbocycles. The fourth-order valence-corrected chi connectivity index (χ4v) is 3.91. The number of amides is 1. The number of benzene rings is 2. The van der Waals surface area contributed by atoms with Crippen LogP contribution in [-0.4, -0.2) is 31.8 Å². The van der Waals surface area contributed by atoms with Crippen LogP contribution in [0.1, 0.15) is 33.9 Å². The average Bonchev–Trinajstić information content (AvgIpc) is 3.00. The van der Waals surface area contributed by atoms with E-state index >= 15 is 0 Å². The van der Waals surface area contributed by atoms with Gasteiger partial charge in [-0.1, -0.05) is 29.8 Å². The first-order valence-corrected chi connectivity index (χ1v) is 9.90. The van der Waals surface area contributed by atoms with E-state index in [2.05, 4.69) is 4.98 Å². The fraction of sp³-hybridized carbons (Fsp3) is 0.160. The van der Waals surface area contributed by atoms with Crippen LogP contribution < -0.4 is 0 Å². The lowest BCUT2D eigenvalue weighted by Gasteiger charge is -2.25. The molecular formula is C25H22N2O4. The zero-order chi connectivity index (χ0) is 22.1. The molecule has 1 aromatic heterocycles. The number of rotatable bonds is 4. The lowest BCUT2D eigenvalue weighted by Crippen LogP contribution is -2.29. The Kier molecular flexibility index (Phi) is 5.29. The molecule has 31 heavy (non-hydrogen) atoms. The van der Waals surface area contributed by atoms with Crippen LogP contribution in [0.4, 0.5) is 0 Å². The second-order valence-electron chi connectivity index (χ2n) is 7.70. The van der Waals surface area contributed by atoms with E-state index in [1.165, 1.54) is 17.0 Å². The topological polar surface area (TPSA) is 90.7 Å². The number of likely N-dealkylation sites (tertiary alicyclic amines) is 1. The van der Waals surface area contributed by atoms with E-state index in [1.807, 2.05) is 26.0 Å². The van der Waals surface area contributed by atoms with Crippen molar-refractivity contribution in [2.45, 2.75) is 26.4 Å². The summed E-state index contributed by atoms with van der Waals surface area (Å²) in [6.07, 6.45) is 3.23. The van der Waals surface area contributed by atoms with Crippen molar-refractivity contribution < 1.29 is 19.8 Å². The first-order valence-electron chi connectivity index (χ1n) is 9.90. The molecule has 156 valence electrons. The number of carbonyl (C=O) groups excluding carboxylic acids is 2. The molecule has 0 saturated carbocycles. The molecule has 1 aliphatic rings. The first-order chi connectivity index (χ1) is 14.9. The lowest BCUT2D eigenvalue weighted by molar-refractivity contribution is -0.140. The van der Waals surface area contributed by atoms with E-state index in [-0.39, 0.29) is 23.6 Å². The average molecular weight is 414 g/mol. The lowest BCUT2D eigenvalue weighted by atomic mass is 9.93. The second kappa shape index (κ2) is 8.07. The van der Waals surface area contributed by atoms with Crippen molar-refractivity contribution in [1.29, 1.82) is 0 Å². The number of aliphatic hydroxyl groups is 1. The van der Waals surface area contributed by atoms with Crippen LogP contribution >= 0.6 is 0 Å². The van der Waals surface area contributed by atoms with E-state index in [0.717, 1.165) is 16.7 Å². The zero-order valence-corrected chi connectivity index (χ0v) is 17.2. The van der Waals surface area contributed by atoms with Crippen molar-refractivity contribution in [3.63, 3.8) is 0 Å². The molecule has 0 bridgehead atoms. The highest BCUT2D eigenvalue weighted by Crippen LogP contribution is 2.41. The smallest absolute Gasteiger partial charge is 0.295 e. The van der Waals surface area contributed by atoms with Gasteiger partial charge in [0.05, 0.1) is 11.6 Å². The minimum absolute atomic E-state index is 0.0124. The molecule has 0 aliphatic carbocycles. The van der Waals surface area contributed by atoms with Gasteiger partial charge in [-0.3, -0.25) is 14.6 Å². The molecule has 0 spiro atoms. The van der Waals surface area contributed by atoms with E-state index in [9.17, 15) is 19.8 Å². The maximum atomic E-state index is 13.1. The minimum Gasteiger partial charge on any atom is -0.508 e. The Bertz CT molecular complexity index is 1200. The Morgan fingerprint density at radius 1 is 1.03 bits per heavy atom. The van der Waals surface area contributed by atoms with Crippen molar-refractivity contribution in [2.75, 3.05) is 0 Å². The molecule has 1 unspecified atom stereocenters. The number of phenolic OH excluding ortho intramolecular Hbond substituents is 1. The van der Waals surface area contributed by atoms with Crippen molar-refractivity contribution >= 4 is 17.4 Å². The molecule has 1 aliphatic heterocycles. The molecule has 1 atom stereocenters. The molecule has 1 fully saturated rings. The Morgan fingerprint density at radius 2 is 1.77 bits per heavy atom. The summed E-state index contributed by atoms with van der Waals surface area (Å²) >= 11 is 0. The van der Waals surface area contributed by atoms with Gasteiger partial charge < -0.3 is 15.1 Å². The number of aliphatic hydroxyl groups excluding tert-OH is 1. The van der Waals surface area contributed by atoms with Crippen molar-refractivity contribution in [3.05, 3.63) is 100 Å². The first kappa shape index (κ1) is 20.3. The van der Waals surface area contributed by atoms with E-state index in [0.29, 0.717) is 11.1 Å². The summed E-state index contributed by atoms with van der Waals surface area (Å²) in [6, 6.07) is 14.7. The number of ketones is 1. The molecule has 6 heteroatoms. The number of aromatic nitrogens is 1. The van der Waals surface area contributed by atoms with Crippen molar-refractivity contribution in [2.24, 2.45) is 0 Å². The van der Waals surface area contributed by atoms with Crippen LogP contribution in [0.3, 0.4) is 0 Å². The number of nitrogens with zero attached hydrogens (tertiary/aromatic N) is 2. The molecular weight excluding hydrogens is 392 g/mol. The SMILES string of the molecule is Cc1ccc(C)c(/C(O)=C2\C(=O)C(=O)N(Cc3ccncc3)C2c2cccc(O)c2)c1. The number of aryl methyl sites for hydroxylation is 2. The number of pyridine rings is 1. The fourth-order valence-electron chi connectivity index (χ4n) is 3.91. The molecule has 2 heterocycles. The Labute approximate surface area is 180 Å². The number of Topliss-reactive ketones (excluding diaryl/α,β-unsaturated/α-hetero) is 1. The maximum Gasteiger partial charge on any atom is 0.295 e. The van der Waals surface area contributed by atoms with Crippen LogP contribution in [0.5, 0.6) is 5.75 Å². The third-order valence-electron chi connectivity index (χ3n) is 5.48. The summed E-state index contributed by atoms with van der Waals surface area (Å²) < 4.78 is 0. The van der Waals surface area contributed by atoms with Crippen LogP contribution in [0.15, 0.2) is 72.6 Å². The largest absolute Gasteiger partial charge is 0.508 e. The summed E-state index contributed by atoms with van der Waals surface area (Å²) in [5.41, 5.74) is 3.57. The Balaban J connectivity index is 1.91. The van der Waals surface area contributed by atoms with E-state index in [4.69, 9.17) is 0 Å². The maximum absolute atomic E-state index is 13.1. The summed E-state index contributed by atoms with van der Waals surface area (Å²) in [7, 11) is 0. The highest BCUT2D eigenvalue weighted by Gasteiger charge is 2.46. The van der Waals surface area contributed by atoms with Gasteiger partial charge in [-0.25, -0.2) is 0 Å². The third kappa shape index (κ3) is 3.80. The van der Waals surface area contributed by atoms with Gasteiger partial charge in [0, 0.05) is 24.5 Å². The molecule has 3 aromatic rings. The van der Waals surface area contributed by atoms with Gasteiger partial charge in [0.15, 0.2) is 0 Å². The van der Waals surface area contributed by atoms with E-state index in [1.54, 1.807) is 42.7 Å². The number of aromatic hydroxyl groups is 1. The third-order valence-corrected chi connectivity index (χ3v) is 5.48. The number of phenols is 1. The molecule has 2 N–H and O–H groups in total. The quantitative estimate of drug-likeness (QED) is 0.382. The van der Waals surface area contributed by atoms with Crippen molar-refractivity contribution in [3.8, 4) is 5.75 Å². The van der Waals surface area contributed by atoms with Gasteiger partial charge in [-0.2, -0.15) is 0 Å². The zero-order valence-electron chi connectivity index (χ0n) is 17.2. The number of hydrogen-bond donors (Lipinski definition) is 2. The molecule has 6 nitrogen and oxygen atoms in total. The minimum atomic E-state index is -0.833. The van der Waals surface area contributed by atoms with Crippen molar-refractivity contribution in [1.82, 2.24) is 9.88 Å². The summed E-state index contributed by atoms with van der Waals surface area (Å²) in [5.74, 6) is -1.65. The van der Waals surface area contributed by atoms with Gasteiger partial charge >= 0.3 is 0 Å². The van der Waals surface area contributed by atoms with Crippen LogP contribution in [0, 0.1) is 13.8 Å². The predicted octanol–water partition coefficient (Wildman–Crippen LogP) is 4.03. The van der Waals surface area contributed by atoms with Crippen LogP contribution in [0.2, 0.25) is 0 Å². The molecule has 0 radical (unpaired) electrons. The Morgan fingerprint density at radius 3 is 2.48 bits per heavy atom. The summed E-state index contributed by atoms with van der Waals surface area (Å²) in [5, 5.41) is 21.2. The van der Waals surface area contributed by atoms with Crippen LogP contribution in [0.25, 0.3) is 5.76 Å². The van der Waals surface area contributed by atoms with Gasteiger partial charge in [0.2, 0.25) is 0 Å². The summed E-state index contributed by atoms with van der Waals surface area (Å²) in [4.78, 5) is 31.5. The summed E-state index contributed by atoms with van der Waals surface area (Å²) in [6.45, 7) is 3.90. The normalized spacial score (nSPS) is 17.9. The van der Waals surface area contributed by atoms with Gasteiger partial charge in [-0.05, 0) is 60.9 Å². The van der Waals surface area contributed by atoms with Crippen LogP contribution in [-0.2, 0) is 16.1 Å². The highest BCUT2D eigenvalue weighted by molar-refractivity contribution is 6.46. The number of carbonyl (C=O) groups is 2. The predicted molar refractivity (Wildman–Crippen MR) is 116 cm³/mol. The highest BCUT2D eigenvalue weighted by atomic mass is 16.3. The van der Waals surface area contributed by atoms with Gasteiger partial charge in [0.1, 0.15) is 11.5 Å². The van der Waals surface area contributed by atoms with E-state index < -0.39 is 17.7 Å².